The number of rotatable bonds is 3. The predicted octanol–water partition coefficient (Wildman–Crippen LogP) is 0.853. The van der Waals surface area contributed by atoms with Crippen LogP contribution in [0, 0.1) is 5.92 Å². The summed E-state index contributed by atoms with van der Waals surface area (Å²) in [5, 5.41) is 3.17. The second-order valence-electron chi connectivity index (χ2n) is 3.96. The molecule has 2 unspecified atom stereocenters. The monoisotopic (exact) mass is 184 g/mol. The van der Waals surface area contributed by atoms with Crippen molar-refractivity contribution in [2.75, 3.05) is 20.1 Å². The van der Waals surface area contributed by atoms with E-state index in [1.165, 1.54) is 6.42 Å². The van der Waals surface area contributed by atoms with Crippen molar-refractivity contribution in [3.8, 4) is 0 Å². The van der Waals surface area contributed by atoms with E-state index in [9.17, 15) is 4.79 Å². The van der Waals surface area contributed by atoms with E-state index >= 15 is 0 Å². The standard InChI is InChI=1S/C10H20N2O/c1-8(7-11-3)10-5-4-6-12(10)9(2)13/h8,10-11H,4-7H2,1-3H3. The van der Waals surface area contributed by atoms with E-state index in [2.05, 4.69) is 12.2 Å². The highest BCUT2D eigenvalue weighted by Crippen LogP contribution is 2.23. The molecule has 13 heavy (non-hydrogen) atoms. The van der Waals surface area contributed by atoms with Gasteiger partial charge in [-0.2, -0.15) is 0 Å². The van der Waals surface area contributed by atoms with Gasteiger partial charge in [-0.3, -0.25) is 4.79 Å². The Morgan fingerprint density at radius 1 is 1.69 bits per heavy atom. The van der Waals surface area contributed by atoms with Gasteiger partial charge in [-0.05, 0) is 32.4 Å². The molecule has 0 bridgehead atoms. The molecule has 0 aliphatic carbocycles. The molecule has 1 amide bonds. The molecule has 1 aliphatic rings. The number of nitrogens with one attached hydrogen (secondary N) is 1. The average molecular weight is 184 g/mol. The van der Waals surface area contributed by atoms with Crippen LogP contribution in [-0.4, -0.2) is 37.0 Å². The zero-order valence-electron chi connectivity index (χ0n) is 8.84. The van der Waals surface area contributed by atoms with Gasteiger partial charge in [0.15, 0.2) is 0 Å². The van der Waals surface area contributed by atoms with E-state index in [1.807, 2.05) is 11.9 Å². The Labute approximate surface area is 80.5 Å². The van der Waals surface area contributed by atoms with Crippen molar-refractivity contribution in [3.63, 3.8) is 0 Å². The third-order valence-corrected chi connectivity index (χ3v) is 2.89. The number of hydrogen-bond acceptors (Lipinski definition) is 2. The van der Waals surface area contributed by atoms with E-state index < -0.39 is 0 Å². The highest BCUT2D eigenvalue weighted by atomic mass is 16.2. The van der Waals surface area contributed by atoms with Gasteiger partial charge in [0.1, 0.15) is 0 Å². The topological polar surface area (TPSA) is 32.3 Å². The zero-order valence-corrected chi connectivity index (χ0v) is 8.84. The Kier molecular flexibility index (Phi) is 3.72. The average Bonchev–Trinajstić information content (AvgIpc) is 2.52. The fourth-order valence-electron chi connectivity index (χ4n) is 2.23. The lowest BCUT2D eigenvalue weighted by Gasteiger charge is -2.28. The first-order chi connectivity index (χ1) is 6.16. The van der Waals surface area contributed by atoms with E-state index in [0.29, 0.717) is 12.0 Å². The van der Waals surface area contributed by atoms with Crippen molar-refractivity contribution in [2.24, 2.45) is 5.92 Å². The number of likely N-dealkylation sites (tertiary alicyclic amines) is 1. The quantitative estimate of drug-likeness (QED) is 0.705. The summed E-state index contributed by atoms with van der Waals surface area (Å²) >= 11 is 0. The van der Waals surface area contributed by atoms with Crippen molar-refractivity contribution < 1.29 is 4.79 Å². The normalized spacial score (nSPS) is 24.8. The van der Waals surface area contributed by atoms with Gasteiger partial charge in [-0.15, -0.1) is 0 Å². The first kappa shape index (κ1) is 10.5. The van der Waals surface area contributed by atoms with Crippen LogP contribution < -0.4 is 5.32 Å². The molecule has 2 atom stereocenters. The van der Waals surface area contributed by atoms with Crippen LogP contribution >= 0.6 is 0 Å². The van der Waals surface area contributed by atoms with Crippen molar-refractivity contribution in [2.45, 2.75) is 32.7 Å². The van der Waals surface area contributed by atoms with Crippen LogP contribution in [0.15, 0.2) is 0 Å². The molecule has 0 aromatic carbocycles. The van der Waals surface area contributed by atoms with Gasteiger partial charge in [-0.25, -0.2) is 0 Å². The first-order valence-corrected chi connectivity index (χ1v) is 5.08. The SMILES string of the molecule is CNCC(C)C1CCCN1C(C)=O. The molecule has 1 N–H and O–H groups in total. The van der Waals surface area contributed by atoms with Gasteiger partial charge in [0, 0.05) is 19.5 Å². The second-order valence-corrected chi connectivity index (χ2v) is 3.96. The molecule has 1 rings (SSSR count). The van der Waals surface area contributed by atoms with Gasteiger partial charge in [0.2, 0.25) is 5.91 Å². The molecule has 0 radical (unpaired) electrons. The minimum atomic E-state index is 0.227. The summed E-state index contributed by atoms with van der Waals surface area (Å²) in [6.07, 6.45) is 2.33. The van der Waals surface area contributed by atoms with Crippen LogP contribution in [0.3, 0.4) is 0 Å². The highest BCUT2D eigenvalue weighted by molar-refractivity contribution is 5.73. The Balaban J connectivity index is 2.52. The van der Waals surface area contributed by atoms with Crippen LogP contribution in [-0.2, 0) is 4.79 Å². The van der Waals surface area contributed by atoms with Crippen molar-refractivity contribution in [1.82, 2.24) is 10.2 Å². The van der Waals surface area contributed by atoms with E-state index in [-0.39, 0.29) is 5.91 Å². The van der Waals surface area contributed by atoms with Crippen molar-refractivity contribution >= 4 is 5.91 Å². The van der Waals surface area contributed by atoms with Gasteiger partial charge < -0.3 is 10.2 Å². The van der Waals surface area contributed by atoms with Crippen molar-refractivity contribution in [3.05, 3.63) is 0 Å². The number of hydrogen-bond donors (Lipinski definition) is 1. The molecule has 0 aromatic rings. The van der Waals surface area contributed by atoms with Gasteiger partial charge in [0.05, 0.1) is 0 Å². The Hall–Kier alpha value is -0.570. The lowest BCUT2D eigenvalue weighted by Crippen LogP contribution is -2.40. The minimum absolute atomic E-state index is 0.227. The molecule has 3 nitrogen and oxygen atoms in total. The molecule has 1 fully saturated rings. The Morgan fingerprint density at radius 2 is 2.38 bits per heavy atom. The maximum absolute atomic E-state index is 11.3. The summed E-state index contributed by atoms with van der Waals surface area (Å²) in [6, 6.07) is 0.463. The first-order valence-electron chi connectivity index (χ1n) is 5.08. The predicted molar refractivity (Wildman–Crippen MR) is 53.5 cm³/mol. The summed E-state index contributed by atoms with van der Waals surface area (Å²) in [7, 11) is 1.96. The Bertz CT molecular complexity index is 182. The van der Waals surface area contributed by atoms with Crippen molar-refractivity contribution in [1.29, 1.82) is 0 Å². The lowest BCUT2D eigenvalue weighted by atomic mass is 9.99. The third-order valence-electron chi connectivity index (χ3n) is 2.89. The van der Waals surface area contributed by atoms with Crippen LogP contribution in [0.4, 0.5) is 0 Å². The molecule has 0 spiro atoms. The summed E-state index contributed by atoms with van der Waals surface area (Å²) in [6.45, 7) is 5.83. The molecule has 3 heteroatoms. The number of carbonyl (C=O) groups is 1. The smallest absolute Gasteiger partial charge is 0.219 e. The number of nitrogens with zero attached hydrogens (tertiary/aromatic N) is 1. The molecular weight excluding hydrogens is 164 g/mol. The van der Waals surface area contributed by atoms with Gasteiger partial charge in [0.25, 0.3) is 0 Å². The third kappa shape index (κ3) is 2.44. The van der Waals surface area contributed by atoms with Gasteiger partial charge >= 0.3 is 0 Å². The second kappa shape index (κ2) is 4.61. The fourth-order valence-corrected chi connectivity index (χ4v) is 2.23. The molecule has 0 saturated carbocycles. The van der Waals surface area contributed by atoms with Crippen LogP contribution in [0.1, 0.15) is 26.7 Å². The largest absolute Gasteiger partial charge is 0.340 e. The molecule has 0 aromatic heterocycles. The number of amides is 1. The minimum Gasteiger partial charge on any atom is -0.340 e. The van der Waals surface area contributed by atoms with Crippen LogP contribution in [0.25, 0.3) is 0 Å². The molecule has 76 valence electrons. The maximum Gasteiger partial charge on any atom is 0.219 e. The summed E-state index contributed by atoms with van der Waals surface area (Å²) < 4.78 is 0. The van der Waals surface area contributed by atoms with E-state index in [1.54, 1.807) is 6.92 Å². The summed E-state index contributed by atoms with van der Waals surface area (Å²) in [5.74, 6) is 0.793. The van der Waals surface area contributed by atoms with Crippen LogP contribution in [0.5, 0.6) is 0 Å². The summed E-state index contributed by atoms with van der Waals surface area (Å²) in [4.78, 5) is 13.3. The summed E-state index contributed by atoms with van der Waals surface area (Å²) in [5.41, 5.74) is 0. The molecule has 1 saturated heterocycles. The van der Waals surface area contributed by atoms with E-state index in [0.717, 1.165) is 19.5 Å². The maximum atomic E-state index is 11.3. The molecule has 1 aliphatic heterocycles. The Morgan fingerprint density at radius 3 is 2.92 bits per heavy atom. The van der Waals surface area contributed by atoms with Gasteiger partial charge in [-0.1, -0.05) is 6.92 Å². The van der Waals surface area contributed by atoms with E-state index in [4.69, 9.17) is 0 Å². The molecule has 1 heterocycles. The fraction of sp³-hybridized carbons (Fsp3) is 0.900. The zero-order chi connectivity index (χ0) is 9.84. The number of carbonyl (C=O) groups excluding carboxylic acids is 1. The highest BCUT2D eigenvalue weighted by Gasteiger charge is 2.30. The lowest BCUT2D eigenvalue weighted by molar-refractivity contribution is -0.130. The molecular formula is C10H20N2O. The van der Waals surface area contributed by atoms with Crippen LogP contribution in [0.2, 0.25) is 0 Å².